The number of nitrogens with zero attached hydrogens (tertiary/aromatic N) is 1. The van der Waals surface area contributed by atoms with Gasteiger partial charge in [-0.15, -0.1) is 0 Å². The average Bonchev–Trinajstić information content (AvgIpc) is 2.63. The number of nitrogens with one attached hydrogen (secondary N) is 1. The molecule has 0 radical (unpaired) electrons. The second-order valence-electron chi connectivity index (χ2n) is 4.98. The number of pyridine rings is 1. The van der Waals surface area contributed by atoms with Crippen LogP contribution in [0.1, 0.15) is 31.7 Å². The SMILES string of the molecule is Cc1cc(N)cnc1NCC1CCCC1C. The van der Waals surface area contributed by atoms with E-state index in [9.17, 15) is 0 Å². The van der Waals surface area contributed by atoms with Gasteiger partial charge >= 0.3 is 0 Å². The molecule has 1 fully saturated rings. The van der Waals surface area contributed by atoms with Gasteiger partial charge < -0.3 is 11.1 Å². The summed E-state index contributed by atoms with van der Waals surface area (Å²) in [4.78, 5) is 4.33. The number of nitrogens with two attached hydrogens (primary N) is 1. The van der Waals surface area contributed by atoms with E-state index in [4.69, 9.17) is 5.73 Å². The fourth-order valence-corrected chi connectivity index (χ4v) is 2.53. The highest BCUT2D eigenvalue weighted by molar-refractivity contribution is 5.50. The average molecular weight is 219 g/mol. The van der Waals surface area contributed by atoms with Gasteiger partial charge in [0.05, 0.1) is 11.9 Å². The Hall–Kier alpha value is -1.25. The number of nitrogen functional groups attached to an aromatic ring is 1. The summed E-state index contributed by atoms with van der Waals surface area (Å²) in [6, 6.07) is 1.97. The van der Waals surface area contributed by atoms with E-state index in [0.29, 0.717) is 0 Å². The van der Waals surface area contributed by atoms with E-state index in [1.54, 1.807) is 6.20 Å². The van der Waals surface area contributed by atoms with Crippen molar-refractivity contribution in [1.82, 2.24) is 4.98 Å². The Morgan fingerprint density at radius 1 is 1.50 bits per heavy atom. The van der Waals surface area contributed by atoms with Crippen LogP contribution >= 0.6 is 0 Å². The van der Waals surface area contributed by atoms with Gasteiger partial charge in [0.25, 0.3) is 0 Å². The lowest BCUT2D eigenvalue weighted by Gasteiger charge is -2.17. The minimum atomic E-state index is 0.734. The lowest BCUT2D eigenvalue weighted by molar-refractivity contribution is 0.439. The quantitative estimate of drug-likeness (QED) is 0.822. The van der Waals surface area contributed by atoms with Gasteiger partial charge in [0.2, 0.25) is 0 Å². The first-order valence-electron chi connectivity index (χ1n) is 6.13. The fraction of sp³-hybridized carbons (Fsp3) is 0.615. The number of rotatable bonds is 3. The molecule has 1 aromatic rings. The Kier molecular flexibility index (Phi) is 3.32. The lowest BCUT2D eigenvalue weighted by atomic mass is 9.98. The first-order chi connectivity index (χ1) is 7.66. The summed E-state index contributed by atoms with van der Waals surface area (Å²) in [5.41, 5.74) is 7.54. The van der Waals surface area contributed by atoms with E-state index in [-0.39, 0.29) is 0 Å². The van der Waals surface area contributed by atoms with Crippen molar-refractivity contribution in [3.05, 3.63) is 17.8 Å². The van der Waals surface area contributed by atoms with Gasteiger partial charge in [0.15, 0.2) is 0 Å². The Bertz CT molecular complexity index is 362. The summed E-state index contributed by atoms with van der Waals surface area (Å²) in [6.07, 6.45) is 5.82. The molecule has 1 aliphatic rings. The number of anilines is 2. The molecule has 1 aromatic heterocycles. The zero-order valence-corrected chi connectivity index (χ0v) is 10.2. The number of hydrogen-bond donors (Lipinski definition) is 2. The predicted molar refractivity (Wildman–Crippen MR) is 68.4 cm³/mol. The molecule has 0 aromatic carbocycles. The van der Waals surface area contributed by atoms with Crippen molar-refractivity contribution in [3.8, 4) is 0 Å². The van der Waals surface area contributed by atoms with E-state index < -0.39 is 0 Å². The molecule has 88 valence electrons. The molecule has 3 heteroatoms. The van der Waals surface area contributed by atoms with E-state index in [1.807, 2.05) is 13.0 Å². The molecule has 2 atom stereocenters. The van der Waals surface area contributed by atoms with Gasteiger partial charge in [-0.05, 0) is 36.8 Å². The molecule has 1 heterocycles. The third-order valence-electron chi connectivity index (χ3n) is 3.67. The maximum absolute atomic E-state index is 5.68. The molecule has 1 saturated carbocycles. The van der Waals surface area contributed by atoms with Crippen molar-refractivity contribution in [2.24, 2.45) is 11.8 Å². The summed E-state index contributed by atoms with van der Waals surface area (Å²) in [7, 11) is 0. The van der Waals surface area contributed by atoms with Gasteiger partial charge in [-0.1, -0.05) is 19.8 Å². The minimum absolute atomic E-state index is 0.734. The van der Waals surface area contributed by atoms with Gasteiger partial charge in [0, 0.05) is 6.54 Å². The van der Waals surface area contributed by atoms with Crippen LogP contribution in [0.25, 0.3) is 0 Å². The van der Waals surface area contributed by atoms with Crippen molar-refractivity contribution in [2.45, 2.75) is 33.1 Å². The molecule has 3 N–H and O–H groups in total. The Balaban J connectivity index is 1.94. The topological polar surface area (TPSA) is 50.9 Å². The van der Waals surface area contributed by atoms with E-state index in [2.05, 4.69) is 17.2 Å². The third kappa shape index (κ3) is 2.46. The molecule has 0 amide bonds. The van der Waals surface area contributed by atoms with E-state index >= 15 is 0 Å². The normalized spacial score (nSPS) is 24.6. The van der Waals surface area contributed by atoms with Crippen LogP contribution < -0.4 is 11.1 Å². The molecule has 2 rings (SSSR count). The van der Waals surface area contributed by atoms with Gasteiger partial charge in [-0.2, -0.15) is 0 Å². The van der Waals surface area contributed by atoms with Crippen LogP contribution in [0.2, 0.25) is 0 Å². The molecule has 0 saturated heterocycles. The standard InChI is InChI=1S/C13H21N3/c1-9-4-3-5-11(9)7-15-13-10(2)6-12(14)8-16-13/h6,8-9,11H,3-5,7,14H2,1-2H3,(H,15,16). The summed E-state index contributed by atoms with van der Waals surface area (Å²) in [6.45, 7) is 5.44. The maximum atomic E-state index is 5.68. The second-order valence-corrected chi connectivity index (χ2v) is 4.98. The largest absolute Gasteiger partial charge is 0.397 e. The Morgan fingerprint density at radius 2 is 2.31 bits per heavy atom. The number of aryl methyl sites for hydroxylation is 1. The second kappa shape index (κ2) is 4.73. The molecular weight excluding hydrogens is 198 g/mol. The smallest absolute Gasteiger partial charge is 0.129 e. The third-order valence-corrected chi connectivity index (χ3v) is 3.67. The highest BCUT2D eigenvalue weighted by atomic mass is 15.0. The summed E-state index contributed by atoms with van der Waals surface area (Å²) in [5, 5.41) is 3.45. The maximum Gasteiger partial charge on any atom is 0.129 e. The van der Waals surface area contributed by atoms with Crippen molar-refractivity contribution in [3.63, 3.8) is 0 Å². The van der Waals surface area contributed by atoms with Crippen LogP contribution in [0, 0.1) is 18.8 Å². The Morgan fingerprint density at radius 3 is 2.94 bits per heavy atom. The predicted octanol–water partition coefficient (Wildman–Crippen LogP) is 2.82. The molecule has 0 aliphatic heterocycles. The minimum Gasteiger partial charge on any atom is -0.397 e. The van der Waals surface area contributed by atoms with Crippen LogP contribution in [0.15, 0.2) is 12.3 Å². The molecule has 16 heavy (non-hydrogen) atoms. The van der Waals surface area contributed by atoms with Crippen molar-refractivity contribution < 1.29 is 0 Å². The van der Waals surface area contributed by atoms with E-state index in [1.165, 1.54) is 19.3 Å². The highest BCUT2D eigenvalue weighted by Crippen LogP contribution is 2.31. The van der Waals surface area contributed by atoms with Gasteiger partial charge in [0.1, 0.15) is 5.82 Å². The lowest BCUT2D eigenvalue weighted by Crippen LogP contribution is -2.17. The van der Waals surface area contributed by atoms with Crippen LogP contribution in [-0.4, -0.2) is 11.5 Å². The van der Waals surface area contributed by atoms with Crippen LogP contribution in [0.4, 0.5) is 11.5 Å². The first-order valence-corrected chi connectivity index (χ1v) is 6.13. The van der Waals surface area contributed by atoms with E-state index in [0.717, 1.165) is 35.4 Å². The zero-order valence-electron chi connectivity index (χ0n) is 10.2. The summed E-state index contributed by atoms with van der Waals surface area (Å²) in [5.74, 6) is 2.63. The molecule has 2 unspecified atom stereocenters. The zero-order chi connectivity index (χ0) is 11.5. The molecule has 0 bridgehead atoms. The van der Waals surface area contributed by atoms with Crippen LogP contribution in [-0.2, 0) is 0 Å². The van der Waals surface area contributed by atoms with Gasteiger partial charge in [-0.25, -0.2) is 4.98 Å². The fourth-order valence-electron chi connectivity index (χ4n) is 2.53. The number of hydrogen-bond acceptors (Lipinski definition) is 3. The first kappa shape index (κ1) is 11.2. The molecule has 3 nitrogen and oxygen atoms in total. The van der Waals surface area contributed by atoms with Crippen LogP contribution in [0.3, 0.4) is 0 Å². The summed E-state index contributed by atoms with van der Waals surface area (Å²) >= 11 is 0. The van der Waals surface area contributed by atoms with Crippen molar-refractivity contribution >= 4 is 11.5 Å². The Labute approximate surface area is 97.5 Å². The monoisotopic (exact) mass is 219 g/mol. The number of aromatic nitrogens is 1. The molecular formula is C13H21N3. The van der Waals surface area contributed by atoms with Crippen LogP contribution in [0.5, 0.6) is 0 Å². The van der Waals surface area contributed by atoms with Crippen molar-refractivity contribution in [1.29, 1.82) is 0 Å². The van der Waals surface area contributed by atoms with Crippen molar-refractivity contribution in [2.75, 3.05) is 17.6 Å². The molecule has 1 aliphatic carbocycles. The summed E-state index contributed by atoms with van der Waals surface area (Å²) < 4.78 is 0. The molecule has 0 spiro atoms. The van der Waals surface area contributed by atoms with Gasteiger partial charge in [-0.3, -0.25) is 0 Å². The highest BCUT2D eigenvalue weighted by Gasteiger charge is 2.22.